The maximum absolute atomic E-state index is 10.5. The number of nitrogens with zero attached hydrogens (tertiary/aromatic N) is 1. The molecule has 0 aliphatic heterocycles. The molecule has 88 valence electrons. The van der Waals surface area contributed by atoms with Crippen molar-refractivity contribution >= 4 is 5.69 Å². The van der Waals surface area contributed by atoms with E-state index >= 15 is 0 Å². The first-order valence-electron chi connectivity index (χ1n) is 4.99. The van der Waals surface area contributed by atoms with Gasteiger partial charge in [0.05, 0.1) is 4.92 Å². The van der Waals surface area contributed by atoms with Gasteiger partial charge >= 0.3 is 0 Å². The van der Waals surface area contributed by atoms with E-state index in [0.717, 1.165) is 16.7 Å². The topological polar surface area (TPSA) is 78.1 Å². The van der Waals surface area contributed by atoms with Crippen molar-refractivity contribution in [1.29, 1.82) is 0 Å². The Balaban J connectivity index is 0.00000144. The lowest BCUT2D eigenvalue weighted by atomic mass is 10.0. The summed E-state index contributed by atoms with van der Waals surface area (Å²) in [6.45, 7) is 2.02. The molecule has 0 bridgehead atoms. The van der Waals surface area contributed by atoms with Gasteiger partial charge in [-0.05, 0) is 35.7 Å². The van der Waals surface area contributed by atoms with Crippen molar-refractivity contribution in [3.05, 3.63) is 64.2 Å². The van der Waals surface area contributed by atoms with Crippen LogP contribution in [0.5, 0.6) is 0 Å². The summed E-state index contributed by atoms with van der Waals surface area (Å²) in [6, 6.07) is 14.6. The van der Waals surface area contributed by atoms with E-state index in [4.69, 9.17) is 0 Å². The van der Waals surface area contributed by atoms with Crippen LogP contribution >= 0.6 is 0 Å². The second-order valence-corrected chi connectivity index (χ2v) is 3.62. The zero-order valence-electron chi connectivity index (χ0n) is 9.59. The molecular weight excluding hydrogens is 216 g/mol. The first-order valence-corrected chi connectivity index (χ1v) is 4.99. The number of hydrogen-bond acceptors (Lipinski definition) is 3. The van der Waals surface area contributed by atoms with Gasteiger partial charge in [-0.15, -0.1) is 0 Å². The van der Waals surface area contributed by atoms with E-state index in [9.17, 15) is 10.1 Å². The molecule has 17 heavy (non-hydrogen) atoms. The number of hydrogen-bond donors (Lipinski definition) is 1. The van der Waals surface area contributed by atoms with E-state index in [2.05, 4.69) is 0 Å². The molecule has 0 aliphatic carbocycles. The van der Waals surface area contributed by atoms with E-state index in [-0.39, 0.29) is 16.8 Å². The van der Waals surface area contributed by atoms with Crippen LogP contribution in [0.15, 0.2) is 48.5 Å². The summed E-state index contributed by atoms with van der Waals surface area (Å²) in [4.78, 5) is 10.1. The van der Waals surface area contributed by atoms with Crippen LogP contribution in [0, 0.1) is 17.0 Å². The zero-order chi connectivity index (χ0) is 11.5. The summed E-state index contributed by atoms with van der Waals surface area (Å²) in [6.07, 6.45) is 0. The van der Waals surface area contributed by atoms with Gasteiger partial charge in [0, 0.05) is 12.1 Å². The Morgan fingerprint density at radius 2 is 1.59 bits per heavy atom. The monoisotopic (exact) mass is 230 g/mol. The molecule has 0 radical (unpaired) electrons. The molecule has 0 saturated heterocycles. The van der Waals surface area contributed by atoms with E-state index < -0.39 is 0 Å². The molecule has 0 atom stereocenters. The van der Waals surface area contributed by atoms with Crippen LogP contribution in [0.25, 0.3) is 11.1 Å². The van der Waals surface area contributed by atoms with E-state index in [0.29, 0.717) is 0 Å². The summed E-state index contributed by atoms with van der Waals surface area (Å²) in [7, 11) is 0. The summed E-state index contributed by atoms with van der Waals surface area (Å²) >= 11 is 0. The van der Waals surface area contributed by atoms with Crippen molar-refractivity contribution in [3.63, 3.8) is 0 Å². The minimum atomic E-state index is -0.387. The SMILES string of the molecule is Cc1ccccc1-c1ccc([N+](=O)[O-])cc1.N. The van der Waals surface area contributed by atoms with Crippen LogP contribution in [-0.4, -0.2) is 4.92 Å². The Kier molecular flexibility index (Phi) is 3.96. The average molecular weight is 230 g/mol. The third-order valence-electron chi connectivity index (χ3n) is 2.53. The molecule has 0 aliphatic rings. The third-order valence-corrected chi connectivity index (χ3v) is 2.53. The lowest BCUT2D eigenvalue weighted by Crippen LogP contribution is -1.88. The number of nitro groups is 1. The number of nitro benzene ring substituents is 1. The number of non-ortho nitro benzene ring substituents is 1. The summed E-state index contributed by atoms with van der Waals surface area (Å²) < 4.78 is 0. The molecule has 0 heterocycles. The molecule has 2 aromatic carbocycles. The van der Waals surface area contributed by atoms with Crippen LogP contribution in [0.2, 0.25) is 0 Å². The molecule has 3 N–H and O–H groups in total. The highest BCUT2D eigenvalue weighted by Crippen LogP contribution is 2.24. The van der Waals surface area contributed by atoms with Crippen LogP contribution < -0.4 is 6.15 Å². The largest absolute Gasteiger partial charge is 0.344 e. The Labute approximate surface area is 99.6 Å². The van der Waals surface area contributed by atoms with Gasteiger partial charge < -0.3 is 6.15 Å². The fourth-order valence-electron chi connectivity index (χ4n) is 1.66. The Morgan fingerprint density at radius 1 is 1.00 bits per heavy atom. The third kappa shape index (κ3) is 2.68. The molecule has 0 aromatic heterocycles. The average Bonchev–Trinajstić information content (AvgIpc) is 2.30. The minimum absolute atomic E-state index is 0. The molecule has 2 rings (SSSR count). The number of benzene rings is 2. The second-order valence-electron chi connectivity index (χ2n) is 3.62. The van der Waals surface area contributed by atoms with Gasteiger partial charge in [-0.2, -0.15) is 0 Å². The minimum Gasteiger partial charge on any atom is -0.344 e. The molecule has 0 unspecified atom stereocenters. The zero-order valence-corrected chi connectivity index (χ0v) is 9.59. The van der Waals surface area contributed by atoms with Gasteiger partial charge in [0.15, 0.2) is 0 Å². The van der Waals surface area contributed by atoms with Gasteiger partial charge in [-0.25, -0.2) is 0 Å². The highest BCUT2D eigenvalue weighted by molar-refractivity contribution is 5.67. The predicted octanol–water partition coefficient (Wildman–Crippen LogP) is 3.73. The second kappa shape index (κ2) is 5.23. The molecule has 2 aromatic rings. The highest BCUT2D eigenvalue weighted by Gasteiger charge is 2.05. The highest BCUT2D eigenvalue weighted by atomic mass is 16.6. The summed E-state index contributed by atoms with van der Waals surface area (Å²) in [5.74, 6) is 0. The Morgan fingerprint density at radius 3 is 2.12 bits per heavy atom. The maximum Gasteiger partial charge on any atom is 0.269 e. The van der Waals surface area contributed by atoms with E-state index in [1.165, 1.54) is 12.1 Å². The van der Waals surface area contributed by atoms with Gasteiger partial charge in [0.2, 0.25) is 0 Å². The van der Waals surface area contributed by atoms with Crippen molar-refractivity contribution in [3.8, 4) is 11.1 Å². The lowest BCUT2D eigenvalue weighted by molar-refractivity contribution is -0.384. The van der Waals surface area contributed by atoms with Crippen LogP contribution in [0.3, 0.4) is 0 Å². The standard InChI is InChI=1S/C13H11NO2.H3N/c1-10-4-2-3-5-13(10)11-6-8-12(9-7-11)14(15)16;/h2-9H,1H3;1H3. The van der Waals surface area contributed by atoms with Crippen molar-refractivity contribution in [1.82, 2.24) is 6.15 Å². The molecular formula is C13H14N2O2. The molecule has 0 spiro atoms. The predicted molar refractivity (Wildman–Crippen MR) is 68.3 cm³/mol. The number of aryl methyl sites for hydroxylation is 1. The van der Waals surface area contributed by atoms with Gasteiger partial charge in [0.25, 0.3) is 5.69 Å². The summed E-state index contributed by atoms with van der Waals surface area (Å²) in [5, 5.41) is 10.5. The molecule has 0 amide bonds. The quantitative estimate of drug-likeness (QED) is 0.630. The summed E-state index contributed by atoms with van der Waals surface area (Å²) in [5.41, 5.74) is 3.40. The first-order chi connectivity index (χ1) is 7.68. The lowest BCUT2D eigenvalue weighted by Gasteiger charge is -2.04. The first kappa shape index (κ1) is 12.9. The molecule has 0 fully saturated rings. The fourth-order valence-corrected chi connectivity index (χ4v) is 1.66. The van der Waals surface area contributed by atoms with Crippen molar-refractivity contribution < 1.29 is 4.92 Å². The van der Waals surface area contributed by atoms with Crippen molar-refractivity contribution in [2.75, 3.05) is 0 Å². The van der Waals surface area contributed by atoms with Crippen LogP contribution in [0.1, 0.15) is 5.56 Å². The normalized spacial score (nSPS) is 9.47. The van der Waals surface area contributed by atoms with Gasteiger partial charge in [-0.1, -0.05) is 24.3 Å². The fraction of sp³-hybridized carbons (Fsp3) is 0.0769. The molecule has 4 nitrogen and oxygen atoms in total. The molecule has 4 heteroatoms. The van der Waals surface area contributed by atoms with Gasteiger partial charge in [0.1, 0.15) is 0 Å². The molecule has 0 saturated carbocycles. The Hall–Kier alpha value is -2.20. The van der Waals surface area contributed by atoms with E-state index in [1.807, 2.05) is 31.2 Å². The van der Waals surface area contributed by atoms with Crippen LogP contribution in [-0.2, 0) is 0 Å². The van der Waals surface area contributed by atoms with E-state index in [1.54, 1.807) is 12.1 Å². The van der Waals surface area contributed by atoms with Crippen molar-refractivity contribution in [2.24, 2.45) is 0 Å². The van der Waals surface area contributed by atoms with Crippen LogP contribution in [0.4, 0.5) is 5.69 Å². The maximum atomic E-state index is 10.5. The van der Waals surface area contributed by atoms with Gasteiger partial charge in [-0.3, -0.25) is 10.1 Å². The van der Waals surface area contributed by atoms with Crippen molar-refractivity contribution in [2.45, 2.75) is 6.92 Å². The Bertz CT molecular complexity index is 521. The number of rotatable bonds is 2. The smallest absolute Gasteiger partial charge is 0.269 e.